The van der Waals surface area contributed by atoms with Gasteiger partial charge in [0, 0.05) is 13.0 Å². The summed E-state index contributed by atoms with van der Waals surface area (Å²) in [6, 6.07) is 16.8. The van der Waals surface area contributed by atoms with Gasteiger partial charge in [-0.2, -0.15) is 0 Å². The first-order valence-electron chi connectivity index (χ1n) is 10.8. The maximum absolute atomic E-state index is 12.6. The number of amides is 1. The fourth-order valence-electron chi connectivity index (χ4n) is 3.45. The molecule has 31 heavy (non-hydrogen) atoms. The summed E-state index contributed by atoms with van der Waals surface area (Å²) in [5, 5.41) is 3.11. The minimum absolute atomic E-state index is 0.0502. The Bertz CT molecular complexity index is 912. The number of ether oxygens (including phenoxy) is 1. The molecule has 0 aliphatic carbocycles. The van der Waals surface area contributed by atoms with Gasteiger partial charge in [0.25, 0.3) is 0 Å². The van der Waals surface area contributed by atoms with Crippen LogP contribution in [0.15, 0.2) is 54.6 Å². The third-order valence-electron chi connectivity index (χ3n) is 4.85. The smallest absolute Gasteiger partial charge is 0.232 e. The zero-order valence-electron chi connectivity index (χ0n) is 18.9. The first-order chi connectivity index (χ1) is 14.7. The van der Waals surface area contributed by atoms with Crippen LogP contribution < -0.4 is 14.4 Å². The second kappa shape index (κ2) is 11.7. The molecule has 0 spiro atoms. The third-order valence-corrected chi connectivity index (χ3v) is 6.04. The number of hydrogen-bond donors (Lipinski definition) is 1. The van der Waals surface area contributed by atoms with Crippen molar-refractivity contribution in [3.05, 3.63) is 60.2 Å². The molecule has 7 heteroatoms. The lowest BCUT2D eigenvalue weighted by Gasteiger charge is -2.24. The van der Waals surface area contributed by atoms with Crippen LogP contribution in [0.25, 0.3) is 0 Å². The van der Waals surface area contributed by atoms with Crippen molar-refractivity contribution < 1.29 is 17.9 Å². The maximum atomic E-state index is 12.6. The average Bonchev–Trinajstić information content (AvgIpc) is 2.71. The molecule has 6 nitrogen and oxygen atoms in total. The van der Waals surface area contributed by atoms with E-state index in [2.05, 4.69) is 19.2 Å². The van der Waals surface area contributed by atoms with Crippen LogP contribution in [0.2, 0.25) is 0 Å². The van der Waals surface area contributed by atoms with Crippen LogP contribution in [0.1, 0.15) is 51.6 Å². The maximum Gasteiger partial charge on any atom is 0.232 e. The van der Waals surface area contributed by atoms with Crippen LogP contribution in [0.5, 0.6) is 5.75 Å². The second-order valence-corrected chi connectivity index (χ2v) is 9.93. The Hall–Kier alpha value is -2.54. The lowest BCUT2D eigenvalue weighted by Crippen LogP contribution is -2.33. The molecule has 0 fully saturated rings. The predicted molar refractivity (Wildman–Crippen MR) is 126 cm³/mol. The molecule has 1 atom stereocenters. The molecule has 0 bridgehead atoms. The quantitative estimate of drug-likeness (QED) is 0.520. The molecule has 0 radical (unpaired) electrons. The van der Waals surface area contributed by atoms with Crippen LogP contribution in [-0.2, 0) is 14.8 Å². The average molecular weight is 447 g/mol. The Morgan fingerprint density at radius 3 is 2.26 bits per heavy atom. The number of carbonyl (C=O) groups is 1. The van der Waals surface area contributed by atoms with Crippen LogP contribution >= 0.6 is 0 Å². The zero-order chi connectivity index (χ0) is 22.9. The summed E-state index contributed by atoms with van der Waals surface area (Å²) in [5.74, 6) is 1.05. The van der Waals surface area contributed by atoms with Gasteiger partial charge in [0.1, 0.15) is 5.75 Å². The molecule has 0 saturated carbocycles. The minimum Gasteiger partial charge on any atom is -0.494 e. The number of nitrogens with zero attached hydrogens (tertiary/aromatic N) is 1. The highest BCUT2D eigenvalue weighted by Crippen LogP contribution is 2.23. The summed E-state index contributed by atoms with van der Waals surface area (Å²) in [6.45, 7) is 6.93. The molecule has 1 amide bonds. The molecule has 0 aliphatic rings. The Morgan fingerprint density at radius 1 is 1.06 bits per heavy atom. The van der Waals surface area contributed by atoms with Crippen LogP contribution in [0, 0.1) is 5.92 Å². The van der Waals surface area contributed by atoms with Gasteiger partial charge in [0.15, 0.2) is 0 Å². The van der Waals surface area contributed by atoms with Gasteiger partial charge < -0.3 is 10.1 Å². The molecule has 0 aromatic heterocycles. The van der Waals surface area contributed by atoms with Crippen LogP contribution in [-0.4, -0.2) is 33.7 Å². The summed E-state index contributed by atoms with van der Waals surface area (Å²) in [5.41, 5.74) is 1.64. The highest BCUT2D eigenvalue weighted by Gasteiger charge is 2.19. The molecular formula is C24H34N2O4S. The van der Waals surface area contributed by atoms with E-state index in [0.717, 1.165) is 12.0 Å². The molecule has 170 valence electrons. The van der Waals surface area contributed by atoms with Crippen molar-refractivity contribution in [2.45, 2.75) is 46.1 Å². The zero-order valence-corrected chi connectivity index (χ0v) is 19.7. The summed E-state index contributed by atoms with van der Waals surface area (Å²) >= 11 is 0. The van der Waals surface area contributed by atoms with E-state index in [0.29, 0.717) is 30.4 Å². The normalized spacial score (nSPS) is 12.4. The fourth-order valence-corrected chi connectivity index (χ4v) is 4.41. The molecule has 2 aromatic carbocycles. The molecule has 0 saturated heterocycles. The number of rotatable bonds is 12. The number of hydrogen-bond acceptors (Lipinski definition) is 4. The summed E-state index contributed by atoms with van der Waals surface area (Å²) in [4.78, 5) is 12.6. The molecule has 0 heterocycles. The highest BCUT2D eigenvalue weighted by atomic mass is 32.2. The minimum atomic E-state index is -3.46. The van der Waals surface area contributed by atoms with E-state index >= 15 is 0 Å². The molecule has 2 rings (SSSR count). The van der Waals surface area contributed by atoms with E-state index in [4.69, 9.17) is 4.74 Å². The van der Waals surface area contributed by atoms with Gasteiger partial charge in [-0.1, -0.05) is 44.2 Å². The van der Waals surface area contributed by atoms with Crippen molar-refractivity contribution in [1.82, 2.24) is 5.32 Å². The number of benzene rings is 2. The van der Waals surface area contributed by atoms with E-state index in [9.17, 15) is 13.2 Å². The number of nitrogens with one attached hydrogen (secondary N) is 1. The molecule has 1 N–H and O–H groups in total. The van der Waals surface area contributed by atoms with Gasteiger partial charge >= 0.3 is 0 Å². The van der Waals surface area contributed by atoms with Crippen molar-refractivity contribution in [2.24, 2.45) is 5.92 Å². The SMILES string of the molecule is CCOc1ccc(N(CCCC(=O)N[C@@H](CC(C)C)c2ccccc2)S(C)(=O)=O)cc1. The number of sulfonamides is 1. The fraction of sp³-hybridized carbons (Fsp3) is 0.458. The standard InChI is InChI=1S/C24H34N2O4S/c1-5-30-22-15-13-21(14-16-22)26(31(4,28)29)17-9-12-24(27)25-23(18-19(2)3)20-10-7-6-8-11-20/h6-8,10-11,13-16,19,23H,5,9,12,17-18H2,1-4H3,(H,25,27)/t23-/m0/s1. The number of carbonyl (C=O) groups excluding carboxylic acids is 1. The van der Waals surface area contributed by atoms with E-state index < -0.39 is 10.0 Å². The predicted octanol–water partition coefficient (Wildman–Crippen LogP) is 4.54. The first-order valence-corrected chi connectivity index (χ1v) is 12.6. The van der Waals surface area contributed by atoms with Crippen molar-refractivity contribution >= 4 is 21.6 Å². The summed E-state index contributed by atoms with van der Waals surface area (Å²) in [6.07, 6.45) is 2.70. The van der Waals surface area contributed by atoms with Gasteiger partial charge in [-0.05, 0) is 55.5 Å². The number of anilines is 1. The second-order valence-electron chi connectivity index (χ2n) is 8.03. The van der Waals surface area contributed by atoms with E-state index in [1.54, 1.807) is 24.3 Å². The Balaban J connectivity index is 1.98. The lowest BCUT2D eigenvalue weighted by molar-refractivity contribution is -0.122. The largest absolute Gasteiger partial charge is 0.494 e. The highest BCUT2D eigenvalue weighted by molar-refractivity contribution is 7.92. The van der Waals surface area contributed by atoms with E-state index in [1.165, 1.54) is 10.6 Å². The van der Waals surface area contributed by atoms with Gasteiger partial charge in [0.05, 0.1) is 24.6 Å². The van der Waals surface area contributed by atoms with Crippen molar-refractivity contribution in [1.29, 1.82) is 0 Å². The van der Waals surface area contributed by atoms with Crippen molar-refractivity contribution in [2.75, 3.05) is 23.7 Å². The van der Waals surface area contributed by atoms with E-state index in [-0.39, 0.29) is 24.9 Å². The van der Waals surface area contributed by atoms with Crippen molar-refractivity contribution in [3.8, 4) is 5.75 Å². The van der Waals surface area contributed by atoms with Gasteiger partial charge in [-0.3, -0.25) is 9.10 Å². The lowest BCUT2D eigenvalue weighted by atomic mass is 9.97. The van der Waals surface area contributed by atoms with Gasteiger partial charge in [-0.15, -0.1) is 0 Å². The van der Waals surface area contributed by atoms with Crippen molar-refractivity contribution in [3.63, 3.8) is 0 Å². The Kier molecular flexibility index (Phi) is 9.37. The monoisotopic (exact) mass is 446 g/mol. The van der Waals surface area contributed by atoms with Gasteiger partial charge in [0.2, 0.25) is 15.9 Å². The topological polar surface area (TPSA) is 75.7 Å². The first kappa shape index (κ1) is 24.7. The molecular weight excluding hydrogens is 412 g/mol. The Labute approximate surface area is 186 Å². The van der Waals surface area contributed by atoms with E-state index in [1.807, 2.05) is 37.3 Å². The summed E-state index contributed by atoms with van der Waals surface area (Å²) < 4.78 is 31.3. The molecule has 0 aliphatic heterocycles. The van der Waals surface area contributed by atoms with Crippen LogP contribution in [0.3, 0.4) is 0 Å². The third kappa shape index (κ3) is 8.25. The Morgan fingerprint density at radius 2 is 1.71 bits per heavy atom. The molecule has 2 aromatic rings. The summed E-state index contributed by atoms with van der Waals surface area (Å²) in [7, 11) is -3.46. The van der Waals surface area contributed by atoms with Gasteiger partial charge in [-0.25, -0.2) is 8.42 Å². The van der Waals surface area contributed by atoms with Crippen LogP contribution in [0.4, 0.5) is 5.69 Å². The molecule has 0 unspecified atom stereocenters.